The first-order valence-corrected chi connectivity index (χ1v) is 9.77. The van der Waals surface area contributed by atoms with E-state index >= 15 is 0 Å². The van der Waals surface area contributed by atoms with Gasteiger partial charge in [0, 0.05) is 29.3 Å². The smallest absolute Gasteiger partial charge is 0.317 e. The van der Waals surface area contributed by atoms with E-state index in [9.17, 15) is 14.7 Å². The molecule has 2 fully saturated rings. The molecular formula is C20H21BrO6. The van der Waals surface area contributed by atoms with Crippen molar-refractivity contribution in [2.45, 2.75) is 31.7 Å². The van der Waals surface area contributed by atoms with E-state index in [1.54, 1.807) is 13.2 Å². The summed E-state index contributed by atoms with van der Waals surface area (Å²) in [7, 11) is 1.62. The van der Waals surface area contributed by atoms with Gasteiger partial charge in [-0.3, -0.25) is 9.59 Å². The van der Waals surface area contributed by atoms with E-state index in [4.69, 9.17) is 14.2 Å². The van der Waals surface area contributed by atoms with Gasteiger partial charge in [0.2, 0.25) is 0 Å². The molecule has 5 atom stereocenters. The molecule has 2 heterocycles. The Kier molecular flexibility index (Phi) is 4.86. The second-order valence-corrected chi connectivity index (χ2v) is 8.26. The quantitative estimate of drug-likeness (QED) is 0.544. The Bertz CT molecular complexity index is 788. The van der Waals surface area contributed by atoms with Crippen LogP contribution in [0.1, 0.15) is 18.4 Å². The minimum Gasteiger partial charge on any atom is -0.497 e. The highest BCUT2D eigenvalue weighted by Crippen LogP contribution is 2.58. The maximum absolute atomic E-state index is 12.5. The fourth-order valence-electron chi connectivity index (χ4n) is 4.54. The lowest BCUT2D eigenvalue weighted by Gasteiger charge is -2.48. The zero-order chi connectivity index (χ0) is 19.2. The van der Waals surface area contributed by atoms with Crippen molar-refractivity contribution in [2.75, 3.05) is 13.7 Å². The summed E-state index contributed by atoms with van der Waals surface area (Å²) in [5.41, 5.74) is -0.0117. The number of ketones is 1. The highest BCUT2D eigenvalue weighted by Gasteiger charge is 2.67. The minimum absolute atomic E-state index is 0.0976. The van der Waals surface area contributed by atoms with Crippen molar-refractivity contribution in [3.05, 3.63) is 40.4 Å². The molecule has 5 rings (SSSR count). The van der Waals surface area contributed by atoms with Crippen LogP contribution in [0.2, 0.25) is 0 Å². The van der Waals surface area contributed by atoms with Gasteiger partial charge in [-0.2, -0.15) is 0 Å². The van der Waals surface area contributed by atoms with Gasteiger partial charge in [-0.1, -0.05) is 34.1 Å². The minimum atomic E-state index is -1.11. The van der Waals surface area contributed by atoms with Crippen molar-refractivity contribution in [1.82, 2.24) is 0 Å². The van der Waals surface area contributed by atoms with Crippen LogP contribution in [0, 0.1) is 17.3 Å². The first-order chi connectivity index (χ1) is 13.0. The van der Waals surface area contributed by atoms with Crippen LogP contribution in [0.4, 0.5) is 0 Å². The molecule has 0 aromatic heterocycles. The number of carbonyl (C=O) groups is 2. The van der Waals surface area contributed by atoms with Gasteiger partial charge < -0.3 is 19.3 Å². The molecule has 144 valence electrons. The Hall–Kier alpha value is -1.70. The molecule has 6 nitrogen and oxygen atoms in total. The van der Waals surface area contributed by atoms with Crippen LogP contribution in [-0.2, 0) is 25.7 Å². The molecule has 1 aromatic rings. The molecule has 1 spiro atoms. The van der Waals surface area contributed by atoms with Crippen LogP contribution in [0.5, 0.6) is 5.75 Å². The SMILES string of the molecule is COc1ccc(COCCC2C3OC(=O)C4(C=C3Br)CC(O)C(=O)C24)cc1. The molecule has 2 bridgehead atoms. The molecule has 1 N–H and O–H groups in total. The molecule has 0 amide bonds. The summed E-state index contributed by atoms with van der Waals surface area (Å²) in [6.45, 7) is 0.880. The van der Waals surface area contributed by atoms with E-state index in [-0.39, 0.29) is 18.1 Å². The van der Waals surface area contributed by atoms with E-state index < -0.39 is 29.5 Å². The first-order valence-electron chi connectivity index (χ1n) is 8.98. The predicted molar refractivity (Wildman–Crippen MR) is 99.2 cm³/mol. The van der Waals surface area contributed by atoms with Crippen molar-refractivity contribution < 1.29 is 28.9 Å². The second kappa shape index (κ2) is 7.04. The van der Waals surface area contributed by atoms with Crippen LogP contribution in [0.3, 0.4) is 0 Å². The number of aliphatic hydroxyl groups is 1. The van der Waals surface area contributed by atoms with Crippen LogP contribution in [0.25, 0.3) is 0 Å². The molecule has 7 heteroatoms. The average Bonchev–Trinajstić information content (AvgIpc) is 2.92. The lowest BCUT2D eigenvalue weighted by Crippen LogP contribution is -2.55. The number of ether oxygens (including phenoxy) is 3. The van der Waals surface area contributed by atoms with Gasteiger partial charge in [0.25, 0.3) is 0 Å². The Morgan fingerprint density at radius 2 is 2.04 bits per heavy atom. The third-order valence-electron chi connectivity index (χ3n) is 5.84. The maximum Gasteiger partial charge on any atom is 0.317 e. The van der Waals surface area contributed by atoms with Crippen LogP contribution in [0.15, 0.2) is 34.8 Å². The zero-order valence-electron chi connectivity index (χ0n) is 14.9. The zero-order valence-corrected chi connectivity index (χ0v) is 16.5. The van der Waals surface area contributed by atoms with Crippen LogP contribution in [-0.4, -0.2) is 42.8 Å². The number of methoxy groups -OCH3 is 1. The third-order valence-corrected chi connectivity index (χ3v) is 6.52. The molecule has 0 radical (unpaired) electrons. The number of esters is 1. The van der Waals surface area contributed by atoms with Crippen molar-refractivity contribution >= 4 is 27.7 Å². The highest BCUT2D eigenvalue weighted by molar-refractivity contribution is 9.11. The molecule has 1 saturated heterocycles. The molecule has 1 aromatic carbocycles. The monoisotopic (exact) mass is 436 g/mol. The van der Waals surface area contributed by atoms with Gasteiger partial charge in [-0.15, -0.1) is 0 Å². The van der Waals surface area contributed by atoms with E-state index in [1.165, 1.54) is 0 Å². The van der Waals surface area contributed by atoms with E-state index in [2.05, 4.69) is 15.9 Å². The number of rotatable bonds is 6. The third kappa shape index (κ3) is 3.02. The second-order valence-electron chi connectivity index (χ2n) is 7.35. The molecular weight excluding hydrogens is 416 g/mol. The number of Topliss-reactive ketones (excluding diaryl/α,β-unsaturated/α-hetero) is 1. The summed E-state index contributed by atoms with van der Waals surface area (Å²) in [6.07, 6.45) is 0.848. The number of halogens is 1. The number of fused-ring (bicyclic) bond motifs is 1. The largest absolute Gasteiger partial charge is 0.497 e. The highest BCUT2D eigenvalue weighted by atomic mass is 79.9. The molecule has 2 aliphatic heterocycles. The van der Waals surface area contributed by atoms with Crippen LogP contribution < -0.4 is 4.74 Å². The van der Waals surface area contributed by atoms with Crippen molar-refractivity contribution in [3.8, 4) is 5.75 Å². The van der Waals surface area contributed by atoms with Crippen molar-refractivity contribution in [3.63, 3.8) is 0 Å². The summed E-state index contributed by atoms with van der Waals surface area (Å²) in [6, 6.07) is 7.63. The number of carbonyl (C=O) groups excluding carboxylic acids is 2. The van der Waals surface area contributed by atoms with Gasteiger partial charge in [0.05, 0.1) is 13.7 Å². The number of benzene rings is 1. The Morgan fingerprint density at radius 3 is 2.74 bits per heavy atom. The molecule has 2 aliphatic carbocycles. The first kappa shape index (κ1) is 18.7. The summed E-state index contributed by atoms with van der Waals surface area (Å²) in [5, 5.41) is 10.1. The summed E-state index contributed by atoms with van der Waals surface area (Å²) in [5.74, 6) is -0.597. The maximum atomic E-state index is 12.5. The van der Waals surface area contributed by atoms with Gasteiger partial charge in [0.1, 0.15) is 23.4 Å². The van der Waals surface area contributed by atoms with Crippen LogP contribution >= 0.6 is 15.9 Å². The molecule has 27 heavy (non-hydrogen) atoms. The van der Waals surface area contributed by atoms with Crippen molar-refractivity contribution in [2.24, 2.45) is 17.3 Å². The number of hydrogen-bond donors (Lipinski definition) is 1. The van der Waals surface area contributed by atoms with Gasteiger partial charge in [-0.05, 0) is 24.1 Å². The van der Waals surface area contributed by atoms with E-state index in [0.29, 0.717) is 19.6 Å². The van der Waals surface area contributed by atoms with Gasteiger partial charge >= 0.3 is 5.97 Å². The molecule has 4 aliphatic rings. The van der Waals surface area contributed by atoms with Gasteiger partial charge in [-0.25, -0.2) is 0 Å². The lowest BCUT2D eigenvalue weighted by molar-refractivity contribution is -0.180. The summed E-state index contributed by atoms with van der Waals surface area (Å²) in [4.78, 5) is 25.0. The topological polar surface area (TPSA) is 82.1 Å². The fraction of sp³-hybridized carbons (Fsp3) is 0.500. The summed E-state index contributed by atoms with van der Waals surface area (Å²) >= 11 is 3.48. The van der Waals surface area contributed by atoms with E-state index in [1.807, 2.05) is 24.3 Å². The number of hydrogen-bond acceptors (Lipinski definition) is 6. The summed E-state index contributed by atoms with van der Waals surface area (Å²) < 4.78 is 17.3. The Morgan fingerprint density at radius 1 is 1.30 bits per heavy atom. The Balaban J connectivity index is 1.42. The molecule has 1 saturated carbocycles. The fourth-order valence-corrected chi connectivity index (χ4v) is 5.39. The Labute approximate surface area is 165 Å². The standard InChI is InChI=1S/C20H21BrO6/c1-25-12-4-2-11(3-5-12)10-26-7-6-13-16-17(23)15(22)9-20(16)8-14(21)18(13)27-19(20)24/h2-5,8,13,15-16,18,22H,6-7,9-10H2,1H3. The van der Waals surface area contributed by atoms with Gasteiger partial charge in [0.15, 0.2) is 5.78 Å². The van der Waals surface area contributed by atoms with E-state index in [0.717, 1.165) is 15.8 Å². The number of aliphatic hydroxyl groups excluding tert-OH is 1. The van der Waals surface area contributed by atoms with Crippen molar-refractivity contribution in [1.29, 1.82) is 0 Å². The predicted octanol–water partition coefficient (Wildman–Crippen LogP) is 2.37. The lowest BCUT2D eigenvalue weighted by atomic mass is 9.63. The molecule has 5 unspecified atom stereocenters. The normalized spacial score (nSPS) is 34.3. The average molecular weight is 437 g/mol.